The first-order chi connectivity index (χ1) is 8.35. The van der Waals surface area contributed by atoms with Crippen molar-refractivity contribution in [1.29, 1.82) is 0 Å². The van der Waals surface area contributed by atoms with Crippen molar-refractivity contribution >= 4 is 17.6 Å². The van der Waals surface area contributed by atoms with Gasteiger partial charge in [0.2, 0.25) is 5.89 Å². The molecule has 0 saturated heterocycles. The molecule has 0 amide bonds. The SMILES string of the molecule is ClCc1nnc(NC2Cc3ccccc3C2)o1. The highest BCUT2D eigenvalue weighted by molar-refractivity contribution is 6.16. The minimum absolute atomic E-state index is 0.250. The predicted octanol–water partition coefficient (Wildman–Crippen LogP) is 2.39. The van der Waals surface area contributed by atoms with Gasteiger partial charge in [-0.15, -0.1) is 16.7 Å². The second-order valence-electron chi connectivity index (χ2n) is 4.15. The van der Waals surface area contributed by atoms with E-state index < -0.39 is 0 Å². The van der Waals surface area contributed by atoms with E-state index in [0.29, 0.717) is 17.9 Å². The van der Waals surface area contributed by atoms with Crippen LogP contribution in [0, 0.1) is 0 Å². The zero-order valence-corrected chi connectivity index (χ0v) is 9.94. The average Bonchev–Trinajstić information content (AvgIpc) is 2.94. The van der Waals surface area contributed by atoms with Crippen molar-refractivity contribution in [3.63, 3.8) is 0 Å². The van der Waals surface area contributed by atoms with E-state index in [9.17, 15) is 0 Å². The number of rotatable bonds is 3. The van der Waals surface area contributed by atoms with Gasteiger partial charge in [-0.3, -0.25) is 0 Å². The molecule has 1 aliphatic carbocycles. The summed E-state index contributed by atoms with van der Waals surface area (Å²) >= 11 is 5.61. The normalized spacial score (nSPS) is 14.9. The van der Waals surface area contributed by atoms with E-state index in [2.05, 4.69) is 39.8 Å². The van der Waals surface area contributed by atoms with Gasteiger partial charge in [-0.2, -0.15) is 0 Å². The van der Waals surface area contributed by atoms with E-state index in [1.165, 1.54) is 11.1 Å². The number of nitrogens with zero attached hydrogens (tertiary/aromatic N) is 2. The van der Waals surface area contributed by atoms with Crippen molar-refractivity contribution in [2.24, 2.45) is 0 Å². The van der Waals surface area contributed by atoms with Gasteiger partial charge in [0.1, 0.15) is 5.88 Å². The summed E-state index contributed by atoms with van der Waals surface area (Å²) in [5.41, 5.74) is 2.78. The van der Waals surface area contributed by atoms with Crippen LogP contribution in [0.25, 0.3) is 0 Å². The number of hydrogen-bond donors (Lipinski definition) is 1. The Kier molecular flexibility index (Phi) is 2.73. The summed E-state index contributed by atoms with van der Waals surface area (Å²) < 4.78 is 5.33. The molecule has 1 aromatic heterocycles. The molecule has 4 nitrogen and oxygen atoms in total. The summed E-state index contributed by atoms with van der Waals surface area (Å²) in [7, 11) is 0. The first kappa shape index (κ1) is 10.6. The summed E-state index contributed by atoms with van der Waals surface area (Å²) in [4.78, 5) is 0. The summed E-state index contributed by atoms with van der Waals surface area (Å²) in [6, 6.07) is 9.25. The first-order valence-corrected chi connectivity index (χ1v) is 6.10. The smallest absolute Gasteiger partial charge is 0.315 e. The van der Waals surface area contributed by atoms with Gasteiger partial charge in [0.25, 0.3) is 0 Å². The summed E-state index contributed by atoms with van der Waals surface area (Å²) in [6.45, 7) is 0. The first-order valence-electron chi connectivity index (χ1n) is 5.57. The number of aromatic nitrogens is 2. The molecule has 0 saturated carbocycles. The molecule has 0 radical (unpaired) electrons. The Morgan fingerprint density at radius 1 is 1.24 bits per heavy atom. The van der Waals surface area contributed by atoms with Crippen molar-refractivity contribution in [2.75, 3.05) is 5.32 Å². The van der Waals surface area contributed by atoms with Crippen LogP contribution in [0.4, 0.5) is 6.01 Å². The highest BCUT2D eigenvalue weighted by Gasteiger charge is 2.22. The third-order valence-electron chi connectivity index (χ3n) is 2.96. The van der Waals surface area contributed by atoms with Crippen molar-refractivity contribution < 1.29 is 4.42 Å². The second kappa shape index (κ2) is 4.37. The predicted molar refractivity (Wildman–Crippen MR) is 65.1 cm³/mol. The van der Waals surface area contributed by atoms with Gasteiger partial charge in [0.05, 0.1) is 0 Å². The number of alkyl halides is 1. The monoisotopic (exact) mass is 249 g/mol. The van der Waals surface area contributed by atoms with Crippen LogP contribution in [0.3, 0.4) is 0 Å². The van der Waals surface area contributed by atoms with Crippen LogP contribution >= 0.6 is 11.6 Å². The van der Waals surface area contributed by atoms with Crippen LogP contribution < -0.4 is 5.32 Å². The summed E-state index contributed by atoms with van der Waals surface area (Å²) in [6.07, 6.45) is 1.99. The molecular weight excluding hydrogens is 238 g/mol. The molecule has 5 heteroatoms. The van der Waals surface area contributed by atoms with E-state index in [-0.39, 0.29) is 5.88 Å². The zero-order valence-electron chi connectivity index (χ0n) is 9.19. The number of anilines is 1. The molecule has 0 spiro atoms. The molecular formula is C12H12ClN3O. The molecule has 17 heavy (non-hydrogen) atoms. The molecule has 1 aliphatic rings. The molecule has 0 bridgehead atoms. The molecule has 88 valence electrons. The van der Waals surface area contributed by atoms with Crippen molar-refractivity contribution in [2.45, 2.75) is 24.8 Å². The van der Waals surface area contributed by atoms with Gasteiger partial charge in [-0.25, -0.2) is 0 Å². The van der Waals surface area contributed by atoms with E-state index in [0.717, 1.165) is 12.8 Å². The fourth-order valence-electron chi connectivity index (χ4n) is 2.20. The lowest BCUT2D eigenvalue weighted by Crippen LogP contribution is -2.19. The highest BCUT2D eigenvalue weighted by atomic mass is 35.5. The van der Waals surface area contributed by atoms with Gasteiger partial charge in [0.15, 0.2) is 0 Å². The Bertz CT molecular complexity index is 501. The second-order valence-corrected chi connectivity index (χ2v) is 4.42. The Labute approximate surface area is 104 Å². The Hall–Kier alpha value is -1.55. The molecule has 3 rings (SSSR count). The van der Waals surface area contributed by atoms with E-state index in [1.54, 1.807) is 0 Å². The molecule has 1 aromatic carbocycles. The van der Waals surface area contributed by atoms with Crippen molar-refractivity contribution in [3.8, 4) is 0 Å². The molecule has 1 N–H and O–H groups in total. The van der Waals surface area contributed by atoms with E-state index >= 15 is 0 Å². The molecule has 0 unspecified atom stereocenters. The lowest BCUT2D eigenvalue weighted by molar-refractivity contribution is 0.518. The van der Waals surface area contributed by atoms with E-state index in [1.807, 2.05) is 0 Å². The minimum Gasteiger partial charge on any atom is -0.407 e. The van der Waals surface area contributed by atoms with Crippen LogP contribution in [-0.2, 0) is 18.7 Å². The van der Waals surface area contributed by atoms with Gasteiger partial charge < -0.3 is 9.73 Å². The third-order valence-corrected chi connectivity index (χ3v) is 3.19. The Morgan fingerprint density at radius 2 is 1.94 bits per heavy atom. The number of hydrogen-bond acceptors (Lipinski definition) is 4. The summed E-state index contributed by atoms with van der Waals surface area (Å²) in [5, 5.41) is 11.0. The fraction of sp³-hybridized carbons (Fsp3) is 0.333. The lowest BCUT2D eigenvalue weighted by atomic mass is 10.1. The number of nitrogens with one attached hydrogen (secondary N) is 1. The average molecular weight is 250 g/mol. The van der Waals surface area contributed by atoms with Crippen molar-refractivity contribution in [3.05, 3.63) is 41.3 Å². The van der Waals surface area contributed by atoms with E-state index in [4.69, 9.17) is 16.0 Å². The third kappa shape index (κ3) is 2.13. The van der Waals surface area contributed by atoms with Gasteiger partial charge >= 0.3 is 6.01 Å². The Morgan fingerprint density at radius 3 is 2.53 bits per heavy atom. The van der Waals surface area contributed by atoms with Crippen LogP contribution in [0.5, 0.6) is 0 Å². The maximum absolute atomic E-state index is 5.61. The standard InChI is InChI=1S/C12H12ClN3O/c13-7-11-15-16-12(17-11)14-10-5-8-3-1-2-4-9(8)6-10/h1-4,10H,5-7H2,(H,14,16). The molecule has 0 fully saturated rings. The topological polar surface area (TPSA) is 51.0 Å². The fourth-order valence-corrected chi connectivity index (χ4v) is 2.31. The highest BCUT2D eigenvalue weighted by Crippen LogP contribution is 2.24. The number of halogens is 1. The van der Waals surface area contributed by atoms with Crippen LogP contribution in [-0.4, -0.2) is 16.2 Å². The van der Waals surface area contributed by atoms with Crippen LogP contribution in [0.2, 0.25) is 0 Å². The minimum atomic E-state index is 0.250. The van der Waals surface area contributed by atoms with Gasteiger partial charge in [0, 0.05) is 6.04 Å². The van der Waals surface area contributed by atoms with Crippen LogP contribution in [0.15, 0.2) is 28.7 Å². The zero-order chi connectivity index (χ0) is 11.7. The number of benzene rings is 1. The molecule has 0 aliphatic heterocycles. The molecule has 2 aromatic rings. The molecule has 1 heterocycles. The largest absolute Gasteiger partial charge is 0.407 e. The van der Waals surface area contributed by atoms with Gasteiger partial charge in [-0.1, -0.05) is 29.4 Å². The molecule has 0 atom stereocenters. The van der Waals surface area contributed by atoms with Crippen molar-refractivity contribution in [1.82, 2.24) is 10.2 Å². The lowest BCUT2D eigenvalue weighted by Gasteiger charge is -2.08. The maximum atomic E-state index is 5.61. The quantitative estimate of drug-likeness (QED) is 0.849. The van der Waals surface area contributed by atoms with Gasteiger partial charge in [-0.05, 0) is 24.0 Å². The number of fused-ring (bicyclic) bond motifs is 1. The summed E-state index contributed by atoms with van der Waals surface area (Å²) in [5.74, 6) is 0.698. The Balaban J connectivity index is 1.69. The van der Waals surface area contributed by atoms with Crippen LogP contribution in [0.1, 0.15) is 17.0 Å². The maximum Gasteiger partial charge on any atom is 0.315 e.